The second-order valence-corrected chi connectivity index (χ2v) is 17.6. The Labute approximate surface area is 346 Å². The lowest BCUT2D eigenvalue weighted by Gasteiger charge is -2.63. The first-order valence-electron chi connectivity index (χ1n) is 20.6. The molecule has 7 rings (SSSR count). The lowest BCUT2D eigenvalue weighted by atomic mass is 9.49. The number of benzene rings is 3. The zero-order valence-electron chi connectivity index (χ0n) is 34.8. The van der Waals surface area contributed by atoms with Crippen molar-refractivity contribution in [3.8, 4) is 17.6 Å². The van der Waals surface area contributed by atoms with E-state index in [1.165, 1.54) is 13.2 Å². The van der Waals surface area contributed by atoms with Crippen LogP contribution in [-0.4, -0.2) is 93.7 Å². The lowest BCUT2D eigenvalue weighted by Crippen LogP contribution is -2.74. The number of methoxy groups -OCH3 is 1. The van der Waals surface area contributed by atoms with Crippen molar-refractivity contribution in [1.82, 2.24) is 20.9 Å². The molecule has 13 heteroatoms. The number of rotatable bonds is 11. The second-order valence-electron chi connectivity index (χ2n) is 17.6. The first kappa shape index (κ1) is 41.5. The number of carbonyl (C=O) groups excluding carboxylic acids is 3. The lowest BCUT2D eigenvalue weighted by molar-refractivity contribution is -0.164. The van der Waals surface area contributed by atoms with Crippen molar-refractivity contribution in [3.05, 3.63) is 95.4 Å². The van der Waals surface area contributed by atoms with Crippen LogP contribution >= 0.6 is 0 Å². The number of anilines is 2. The molecule has 3 saturated heterocycles. The van der Waals surface area contributed by atoms with E-state index in [1.54, 1.807) is 30.3 Å². The third-order valence-electron chi connectivity index (χ3n) is 12.9. The van der Waals surface area contributed by atoms with Crippen LogP contribution in [0.25, 0.3) is 0 Å². The summed E-state index contributed by atoms with van der Waals surface area (Å²) >= 11 is 0. The predicted octanol–water partition coefficient (Wildman–Crippen LogP) is 5.88. The van der Waals surface area contributed by atoms with Crippen LogP contribution in [0.2, 0.25) is 0 Å². The Kier molecular flexibility index (Phi) is 11.9. The van der Waals surface area contributed by atoms with Gasteiger partial charge in [0.15, 0.2) is 0 Å². The molecule has 12 nitrogen and oxygen atoms in total. The van der Waals surface area contributed by atoms with E-state index in [0.717, 1.165) is 70.0 Å². The summed E-state index contributed by atoms with van der Waals surface area (Å²) in [5, 5.41) is 18.0. The number of halogens is 1. The minimum Gasteiger partial charge on any atom is -0.495 e. The zero-order chi connectivity index (χ0) is 42.1. The summed E-state index contributed by atoms with van der Waals surface area (Å²) in [5.41, 5.74) is 2.84. The number of nitriles is 1. The van der Waals surface area contributed by atoms with Gasteiger partial charge in [-0.2, -0.15) is 5.26 Å². The smallest absolute Gasteiger partial charge is 0.254 e. The van der Waals surface area contributed by atoms with Gasteiger partial charge in [-0.25, -0.2) is 4.39 Å². The van der Waals surface area contributed by atoms with Gasteiger partial charge in [0.1, 0.15) is 35.5 Å². The largest absolute Gasteiger partial charge is 0.495 e. The molecule has 3 aromatic rings. The maximum Gasteiger partial charge on any atom is 0.254 e. The molecule has 312 valence electrons. The van der Waals surface area contributed by atoms with E-state index in [-0.39, 0.29) is 40.4 Å². The number of amides is 3. The number of carbonyl (C=O) groups is 3. The molecule has 1 saturated carbocycles. The molecule has 3 aromatic carbocycles. The highest BCUT2D eigenvalue weighted by Crippen LogP contribution is 2.55. The number of ether oxygens (including phenoxy) is 2. The van der Waals surface area contributed by atoms with Gasteiger partial charge in [0.2, 0.25) is 5.91 Å². The van der Waals surface area contributed by atoms with Crippen molar-refractivity contribution in [2.24, 2.45) is 16.7 Å². The molecular weight excluding hydrogens is 750 g/mol. The Bertz CT molecular complexity index is 2100. The Morgan fingerprint density at radius 1 is 0.881 bits per heavy atom. The molecule has 4 fully saturated rings. The van der Waals surface area contributed by atoms with Crippen molar-refractivity contribution < 1.29 is 28.2 Å². The van der Waals surface area contributed by atoms with Gasteiger partial charge < -0.3 is 35.2 Å². The van der Waals surface area contributed by atoms with Gasteiger partial charge in [0.05, 0.1) is 18.2 Å². The molecule has 4 aliphatic rings. The van der Waals surface area contributed by atoms with Gasteiger partial charge in [0, 0.05) is 91.4 Å². The molecule has 3 N–H and O–H groups in total. The highest BCUT2D eigenvalue weighted by Gasteiger charge is 2.64. The monoisotopic (exact) mass is 805 g/mol. The summed E-state index contributed by atoms with van der Waals surface area (Å²) in [6.07, 6.45) is 2.99. The minimum absolute atomic E-state index is 0.0580. The number of hydrogen-bond donors (Lipinski definition) is 3. The Balaban J connectivity index is 0.855. The summed E-state index contributed by atoms with van der Waals surface area (Å²) in [5.74, 6) is 0.0376. The van der Waals surface area contributed by atoms with Crippen LogP contribution in [0.4, 0.5) is 15.8 Å². The van der Waals surface area contributed by atoms with Gasteiger partial charge in [-0.3, -0.25) is 19.3 Å². The molecule has 3 heterocycles. The molecule has 59 heavy (non-hydrogen) atoms. The number of piperazine rings is 1. The number of nitrogens with zero attached hydrogens (tertiary/aromatic N) is 4. The fraction of sp³-hybridized carbons (Fsp3) is 0.478. The van der Waals surface area contributed by atoms with Crippen molar-refractivity contribution in [2.75, 3.05) is 62.7 Å². The summed E-state index contributed by atoms with van der Waals surface area (Å²) in [6, 6.07) is 19.1. The molecule has 0 bridgehead atoms. The molecule has 0 unspecified atom stereocenters. The number of piperidine rings is 2. The van der Waals surface area contributed by atoms with Crippen molar-refractivity contribution in [1.29, 1.82) is 5.26 Å². The SMILES string of the molecule is C=C1CC[C@H](NC(=O)c2cc(N3CCN(CC4CCN(c5ccc(C(=O)NC6C(C)(C)C(Oc7ccc(C#N)c(OC)c7)C6(C)C)cc5)CC4)CC3)ccc2F)C(=O)N1. The van der Waals surface area contributed by atoms with E-state index < -0.39 is 17.8 Å². The van der Waals surface area contributed by atoms with Gasteiger partial charge in [-0.15, -0.1) is 0 Å². The normalized spacial score (nSPS) is 23.0. The summed E-state index contributed by atoms with van der Waals surface area (Å²) in [7, 11) is 1.53. The minimum atomic E-state index is -0.713. The average molecular weight is 806 g/mol. The van der Waals surface area contributed by atoms with Crippen LogP contribution in [0.15, 0.2) is 72.9 Å². The van der Waals surface area contributed by atoms with Crippen LogP contribution < -0.4 is 35.2 Å². The van der Waals surface area contributed by atoms with E-state index in [4.69, 9.17) is 9.47 Å². The fourth-order valence-electron chi connectivity index (χ4n) is 9.77. The molecular formula is C46H56FN7O5. The molecule has 0 spiro atoms. The Morgan fingerprint density at radius 3 is 2.19 bits per heavy atom. The Hall–Kier alpha value is -5.61. The van der Waals surface area contributed by atoms with Gasteiger partial charge in [-0.05, 0) is 86.2 Å². The maximum atomic E-state index is 14.8. The van der Waals surface area contributed by atoms with E-state index in [2.05, 4.69) is 71.0 Å². The Morgan fingerprint density at radius 2 is 1.54 bits per heavy atom. The fourth-order valence-corrected chi connectivity index (χ4v) is 9.77. The van der Waals surface area contributed by atoms with Crippen LogP contribution in [0.3, 0.4) is 0 Å². The van der Waals surface area contributed by atoms with Crippen molar-refractivity contribution >= 4 is 29.1 Å². The summed E-state index contributed by atoms with van der Waals surface area (Å²) in [6.45, 7) is 18.4. The van der Waals surface area contributed by atoms with Crippen LogP contribution in [-0.2, 0) is 4.79 Å². The van der Waals surface area contributed by atoms with Gasteiger partial charge in [-0.1, -0.05) is 34.3 Å². The number of hydrogen-bond acceptors (Lipinski definition) is 9. The zero-order valence-corrected chi connectivity index (χ0v) is 34.8. The number of nitrogens with one attached hydrogen (secondary N) is 3. The molecule has 0 aromatic heterocycles. The first-order valence-corrected chi connectivity index (χ1v) is 20.6. The molecule has 3 amide bonds. The third kappa shape index (κ3) is 8.74. The molecule has 3 aliphatic heterocycles. The number of allylic oxidation sites excluding steroid dienone is 1. The maximum absolute atomic E-state index is 14.8. The predicted molar refractivity (Wildman–Crippen MR) is 225 cm³/mol. The summed E-state index contributed by atoms with van der Waals surface area (Å²) < 4.78 is 26.6. The first-order chi connectivity index (χ1) is 28.2. The highest BCUT2D eigenvalue weighted by molar-refractivity contribution is 5.99. The molecule has 0 radical (unpaired) electrons. The molecule has 1 aliphatic carbocycles. The molecule has 1 atom stereocenters. The van der Waals surface area contributed by atoms with E-state index in [9.17, 15) is 24.0 Å². The van der Waals surface area contributed by atoms with E-state index in [1.807, 2.05) is 24.3 Å². The van der Waals surface area contributed by atoms with Gasteiger partial charge in [0.25, 0.3) is 11.8 Å². The van der Waals surface area contributed by atoms with Crippen LogP contribution in [0, 0.1) is 33.9 Å². The van der Waals surface area contributed by atoms with E-state index >= 15 is 0 Å². The van der Waals surface area contributed by atoms with E-state index in [0.29, 0.717) is 47.1 Å². The van der Waals surface area contributed by atoms with Crippen LogP contribution in [0.1, 0.15) is 79.7 Å². The second kappa shape index (κ2) is 16.9. The van der Waals surface area contributed by atoms with Crippen LogP contribution in [0.5, 0.6) is 11.5 Å². The van der Waals surface area contributed by atoms with Crippen molar-refractivity contribution in [3.63, 3.8) is 0 Å². The third-order valence-corrected chi connectivity index (χ3v) is 12.9. The van der Waals surface area contributed by atoms with Gasteiger partial charge >= 0.3 is 0 Å². The summed E-state index contributed by atoms with van der Waals surface area (Å²) in [4.78, 5) is 45.9. The average Bonchev–Trinajstić information content (AvgIpc) is 3.23. The standard InChI is InChI=1S/C46H56FN7O5/c1-29-7-16-38(42(57)49-29)50-41(56)36-25-34(13-15-37(36)47)54-23-21-52(22-24-54)28-30-17-19-53(20-18-30)33-11-8-31(9-12-33)40(55)51-43-45(2,3)44(46(43,4)5)59-35-14-10-32(27-48)39(26-35)58-6/h8-15,25-26,30,38,43-44H,1,7,16-24,28H2,2-6H3,(H,49,57)(H,50,56)(H,51,55)/t38-,43?,44?/m0/s1. The quantitative estimate of drug-likeness (QED) is 0.217. The van der Waals surface area contributed by atoms with Crippen molar-refractivity contribution in [2.45, 2.75) is 71.6 Å². The topological polar surface area (TPSA) is 139 Å². The highest BCUT2D eigenvalue weighted by atomic mass is 19.1.